The molecule has 0 saturated heterocycles. The molecule has 0 radical (unpaired) electrons. The maximum atomic E-state index is 11.3. The Balaban J connectivity index is 2.06. The Morgan fingerprint density at radius 1 is 0.731 bits per heavy atom. The summed E-state index contributed by atoms with van der Waals surface area (Å²) in [5.74, 6) is 0.352. The van der Waals surface area contributed by atoms with Gasteiger partial charge in [0.15, 0.2) is 0 Å². The molecule has 2 N–H and O–H groups in total. The lowest BCUT2D eigenvalue weighted by atomic mass is 9.93. The molecule has 1 heterocycles. The van der Waals surface area contributed by atoms with Gasteiger partial charge in [0.2, 0.25) is 0 Å². The van der Waals surface area contributed by atoms with E-state index < -0.39 is 0 Å². The van der Waals surface area contributed by atoms with Gasteiger partial charge in [0.1, 0.15) is 5.75 Å². The number of phenols is 1. The molecule has 0 bridgehead atoms. The first kappa shape index (κ1) is 15.0. The van der Waals surface area contributed by atoms with Crippen LogP contribution in [0.4, 0.5) is 0 Å². The van der Waals surface area contributed by atoms with Gasteiger partial charge in [-0.15, -0.1) is 0 Å². The fourth-order valence-corrected chi connectivity index (χ4v) is 3.93. The van der Waals surface area contributed by atoms with E-state index in [1.807, 2.05) is 12.1 Å². The van der Waals surface area contributed by atoms with Gasteiger partial charge in [-0.1, -0.05) is 65.7 Å². The van der Waals surface area contributed by atoms with Crippen LogP contribution in [0.15, 0.2) is 66.7 Å². The summed E-state index contributed by atoms with van der Waals surface area (Å²) in [6.45, 7) is 4.13. The van der Waals surface area contributed by atoms with Crippen LogP contribution in [-0.2, 0) is 0 Å². The Morgan fingerprint density at radius 3 is 2.27 bits per heavy atom. The Morgan fingerprint density at radius 2 is 1.46 bits per heavy atom. The van der Waals surface area contributed by atoms with E-state index in [4.69, 9.17) is 0 Å². The first-order valence-corrected chi connectivity index (χ1v) is 8.86. The fourth-order valence-electron chi connectivity index (χ4n) is 3.93. The predicted octanol–water partition coefficient (Wildman–Crippen LogP) is 6.46. The van der Waals surface area contributed by atoms with Crippen LogP contribution in [-0.4, -0.2) is 10.1 Å². The van der Waals surface area contributed by atoms with Gasteiger partial charge in [0.25, 0.3) is 0 Å². The number of aromatic hydroxyl groups is 1. The van der Waals surface area contributed by atoms with E-state index in [1.54, 1.807) is 0 Å². The van der Waals surface area contributed by atoms with Gasteiger partial charge in [-0.3, -0.25) is 0 Å². The maximum Gasteiger partial charge on any atom is 0.132 e. The average Bonchev–Trinajstić information content (AvgIpc) is 3.03. The molecular formula is C24H19NO. The number of benzene rings is 4. The fraction of sp³-hybridized carbons (Fsp3) is 0.0833. The van der Waals surface area contributed by atoms with Gasteiger partial charge in [-0.25, -0.2) is 0 Å². The maximum absolute atomic E-state index is 11.3. The lowest BCUT2D eigenvalue weighted by Crippen LogP contribution is -1.87. The first-order chi connectivity index (χ1) is 12.6. The lowest BCUT2D eigenvalue weighted by molar-refractivity contribution is 0.484. The Kier molecular flexibility index (Phi) is 3.10. The molecule has 4 aromatic carbocycles. The van der Waals surface area contributed by atoms with Crippen molar-refractivity contribution in [3.63, 3.8) is 0 Å². The summed E-state index contributed by atoms with van der Waals surface area (Å²) < 4.78 is 0. The van der Waals surface area contributed by atoms with Crippen molar-refractivity contribution in [1.82, 2.24) is 4.98 Å². The number of fused-ring (bicyclic) bond motifs is 5. The SMILES string of the molecule is Cc1ccc(-c2c(O)c3cc(C)ccc3c3[nH]c4ccccc4c23)cc1. The van der Waals surface area contributed by atoms with Gasteiger partial charge >= 0.3 is 0 Å². The molecule has 2 nitrogen and oxygen atoms in total. The van der Waals surface area contributed by atoms with Crippen LogP contribution in [0.2, 0.25) is 0 Å². The molecule has 5 aromatic rings. The minimum absolute atomic E-state index is 0.352. The summed E-state index contributed by atoms with van der Waals surface area (Å²) in [7, 11) is 0. The largest absolute Gasteiger partial charge is 0.507 e. The van der Waals surface area contributed by atoms with Crippen LogP contribution in [0.25, 0.3) is 43.7 Å². The van der Waals surface area contributed by atoms with Crippen LogP contribution in [0.1, 0.15) is 11.1 Å². The Bertz CT molecular complexity index is 1290. The molecule has 0 amide bonds. The van der Waals surface area contributed by atoms with Crippen LogP contribution in [0.5, 0.6) is 5.75 Å². The van der Waals surface area contributed by atoms with Crippen LogP contribution < -0.4 is 0 Å². The number of hydrogen-bond donors (Lipinski definition) is 2. The molecule has 0 aliphatic rings. The highest BCUT2D eigenvalue weighted by Crippen LogP contribution is 2.46. The third kappa shape index (κ3) is 2.05. The van der Waals surface area contributed by atoms with E-state index in [0.29, 0.717) is 5.75 Å². The van der Waals surface area contributed by atoms with Crippen molar-refractivity contribution in [2.75, 3.05) is 0 Å². The summed E-state index contributed by atoms with van der Waals surface area (Å²) in [4.78, 5) is 3.58. The number of nitrogens with one attached hydrogen (secondary N) is 1. The van der Waals surface area contributed by atoms with Crippen molar-refractivity contribution < 1.29 is 5.11 Å². The van der Waals surface area contributed by atoms with Crippen LogP contribution >= 0.6 is 0 Å². The number of para-hydroxylation sites is 1. The van der Waals surface area contributed by atoms with Gasteiger partial charge < -0.3 is 10.1 Å². The highest BCUT2D eigenvalue weighted by molar-refractivity contribution is 6.25. The number of H-pyrrole nitrogens is 1. The molecule has 0 aliphatic carbocycles. The number of rotatable bonds is 1. The van der Waals surface area contributed by atoms with Crippen LogP contribution in [0, 0.1) is 13.8 Å². The highest BCUT2D eigenvalue weighted by Gasteiger charge is 2.19. The van der Waals surface area contributed by atoms with E-state index >= 15 is 0 Å². The van der Waals surface area contributed by atoms with Crippen molar-refractivity contribution in [3.8, 4) is 16.9 Å². The second kappa shape index (κ2) is 5.37. The van der Waals surface area contributed by atoms with E-state index in [-0.39, 0.29) is 0 Å². The third-order valence-electron chi connectivity index (χ3n) is 5.23. The minimum atomic E-state index is 0.352. The van der Waals surface area contributed by atoms with Crippen molar-refractivity contribution >= 4 is 32.6 Å². The average molecular weight is 337 g/mol. The van der Waals surface area contributed by atoms with E-state index in [9.17, 15) is 5.11 Å². The number of phenolic OH excluding ortho intramolecular Hbond substituents is 1. The smallest absolute Gasteiger partial charge is 0.132 e. The molecule has 0 spiro atoms. The van der Waals surface area contributed by atoms with Gasteiger partial charge in [-0.2, -0.15) is 0 Å². The quantitative estimate of drug-likeness (QED) is 0.361. The number of hydrogen-bond acceptors (Lipinski definition) is 1. The third-order valence-corrected chi connectivity index (χ3v) is 5.23. The zero-order valence-electron chi connectivity index (χ0n) is 14.8. The van der Waals surface area contributed by atoms with E-state index in [2.05, 4.69) is 73.4 Å². The number of aromatic nitrogens is 1. The summed E-state index contributed by atoms with van der Waals surface area (Å²) in [6, 6.07) is 22.9. The van der Waals surface area contributed by atoms with Crippen molar-refractivity contribution in [2.45, 2.75) is 13.8 Å². The van der Waals surface area contributed by atoms with Crippen molar-refractivity contribution in [2.24, 2.45) is 0 Å². The molecule has 2 heteroatoms. The molecule has 5 rings (SSSR count). The molecule has 0 saturated carbocycles. The first-order valence-electron chi connectivity index (χ1n) is 8.86. The molecule has 1 aromatic heterocycles. The molecule has 0 fully saturated rings. The van der Waals surface area contributed by atoms with Gasteiger partial charge in [0, 0.05) is 32.6 Å². The lowest BCUT2D eigenvalue weighted by Gasteiger charge is -2.13. The van der Waals surface area contributed by atoms with Gasteiger partial charge in [-0.05, 0) is 31.5 Å². The summed E-state index contributed by atoms with van der Waals surface area (Å²) >= 11 is 0. The standard InChI is InChI=1S/C24H19NO/c1-14-7-10-16(11-8-14)21-22-18-5-3-4-6-20(18)25-23(22)17-12-9-15(2)13-19(17)24(21)26/h3-13,25-26H,1-2H3. The highest BCUT2D eigenvalue weighted by atomic mass is 16.3. The zero-order valence-corrected chi connectivity index (χ0v) is 14.8. The topological polar surface area (TPSA) is 36.0 Å². The van der Waals surface area contributed by atoms with Crippen molar-refractivity contribution in [3.05, 3.63) is 77.9 Å². The summed E-state index contributed by atoms with van der Waals surface area (Å²) in [5, 5.41) is 15.4. The minimum Gasteiger partial charge on any atom is -0.507 e. The molecule has 0 atom stereocenters. The second-order valence-electron chi connectivity index (χ2n) is 7.06. The number of aromatic amines is 1. The molecule has 0 unspecified atom stereocenters. The second-order valence-corrected chi connectivity index (χ2v) is 7.06. The zero-order chi connectivity index (χ0) is 17.8. The normalized spacial score (nSPS) is 11.6. The summed E-state index contributed by atoms with van der Waals surface area (Å²) in [6.07, 6.45) is 0. The van der Waals surface area contributed by atoms with Crippen LogP contribution in [0.3, 0.4) is 0 Å². The van der Waals surface area contributed by atoms with E-state index in [0.717, 1.165) is 49.3 Å². The van der Waals surface area contributed by atoms with E-state index in [1.165, 1.54) is 5.56 Å². The monoisotopic (exact) mass is 337 g/mol. The number of aryl methyl sites for hydroxylation is 2. The molecule has 26 heavy (non-hydrogen) atoms. The Hall–Kier alpha value is -3.26. The molecule has 126 valence electrons. The summed E-state index contributed by atoms with van der Waals surface area (Å²) in [5.41, 5.74) is 6.44. The van der Waals surface area contributed by atoms with Crippen molar-refractivity contribution in [1.29, 1.82) is 0 Å². The van der Waals surface area contributed by atoms with Gasteiger partial charge in [0.05, 0.1) is 5.52 Å². The Labute approximate surface area is 151 Å². The molecular weight excluding hydrogens is 318 g/mol. The predicted molar refractivity (Wildman–Crippen MR) is 110 cm³/mol. The molecule has 0 aliphatic heterocycles.